The van der Waals surface area contributed by atoms with Crippen LogP contribution in [-0.4, -0.2) is 18.8 Å². The zero-order chi connectivity index (χ0) is 13.2. The summed E-state index contributed by atoms with van der Waals surface area (Å²) >= 11 is 0. The van der Waals surface area contributed by atoms with Crippen LogP contribution in [0.5, 0.6) is 11.5 Å². The number of hydrogen-bond acceptors (Lipinski definition) is 3. The van der Waals surface area contributed by atoms with Crippen LogP contribution in [0.25, 0.3) is 0 Å². The van der Waals surface area contributed by atoms with Crippen molar-refractivity contribution in [1.29, 1.82) is 0 Å². The van der Waals surface area contributed by atoms with Gasteiger partial charge in [-0.25, -0.2) is 0 Å². The molecule has 0 unspecified atom stereocenters. The molecule has 1 aromatic rings. The lowest BCUT2D eigenvalue weighted by Gasteiger charge is -2.27. The molecular weight excluding hydrogens is 226 g/mol. The predicted molar refractivity (Wildman–Crippen MR) is 73.2 cm³/mol. The maximum Gasteiger partial charge on any atom is 0.161 e. The van der Waals surface area contributed by atoms with Gasteiger partial charge >= 0.3 is 0 Å². The number of hydrogen-bond donors (Lipinski definition) is 1. The number of benzene rings is 1. The summed E-state index contributed by atoms with van der Waals surface area (Å²) in [6.07, 6.45) is 4.76. The average molecular weight is 249 g/mol. The lowest BCUT2D eigenvalue weighted by molar-refractivity contribution is 0.116. The molecule has 0 radical (unpaired) electrons. The molecule has 1 aliphatic rings. The van der Waals surface area contributed by atoms with Crippen LogP contribution < -0.4 is 15.2 Å². The Morgan fingerprint density at radius 3 is 2.50 bits per heavy atom. The summed E-state index contributed by atoms with van der Waals surface area (Å²) in [7, 11) is 1.68. The molecule has 3 heteroatoms. The molecule has 1 fully saturated rings. The minimum atomic E-state index is -0.206. The van der Waals surface area contributed by atoms with E-state index in [1.165, 1.54) is 12.0 Å². The molecular formula is C15H23NO2. The second-order valence-electron chi connectivity index (χ2n) is 5.82. The van der Waals surface area contributed by atoms with Crippen molar-refractivity contribution >= 4 is 0 Å². The van der Waals surface area contributed by atoms with Gasteiger partial charge in [-0.3, -0.25) is 0 Å². The van der Waals surface area contributed by atoms with Crippen LogP contribution in [0, 0.1) is 0 Å². The highest BCUT2D eigenvalue weighted by molar-refractivity contribution is 5.43. The van der Waals surface area contributed by atoms with Crippen molar-refractivity contribution in [3.63, 3.8) is 0 Å². The van der Waals surface area contributed by atoms with Crippen molar-refractivity contribution in [3.8, 4) is 11.5 Å². The van der Waals surface area contributed by atoms with Crippen LogP contribution >= 0.6 is 0 Å². The van der Waals surface area contributed by atoms with Gasteiger partial charge < -0.3 is 15.2 Å². The van der Waals surface area contributed by atoms with Gasteiger partial charge in [0.25, 0.3) is 0 Å². The molecule has 1 saturated carbocycles. The Balaban J connectivity index is 2.15. The van der Waals surface area contributed by atoms with Crippen LogP contribution in [0.15, 0.2) is 18.2 Å². The zero-order valence-electron chi connectivity index (χ0n) is 11.5. The fraction of sp³-hybridized carbons (Fsp3) is 0.600. The first kappa shape index (κ1) is 13.2. The Morgan fingerprint density at radius 1 is 1.28 bits per heavy atom. The highest BCUT2D eigenvalue weighted by atomic mass is 16.5. The summed E-state index contributed by atoms with van der Waals surface area (Å²) in [4.78, 5) is 0. The minimum absolute atomic E-state index is 0.206. The van der Waals surface area contributed by atoms with Crippen LogP contribution in [0.2, 0.25) is 0 Å². The molecule has 2 rings (SSSR count). The fourth-order valence-electron chi connectivity index (χ4n) is 2.12. The normalized spacial score (nSPS) is 16.2. The SMILES string of the molecule is COc1ccc(CC(C)(C)N)cc1OC1CCC1. The van der Waals surface area contributed by atoms with E-state index in [9.17, 15) is 0 Å². The molecule has 1 aromatic carbocycles. The zero-order valence-corrected chi connectivity index (χ0v) is 11.5. The molecule has 100 valence electrons. The highest BCUT2D eigenvalue weighted by Crippen LogP contribution is 2.33. The number of ether oxygens (including phenoxy) is 2. The van der Waals surface area contributed by atoms with Crippen molar-refractivity contribution in [2.24, 2.45) is 5.73 Å². The van der Waals surface area contributed by atoms with E-state index in [-0.39, 0.29) is 5.54 Å². The van der Waals surface area contributed by atoms with Crippen molar-refractivity contribution in [2.75, 3.05) is 7.11 Å². The van der Waals surface area contributed by atoms with E-state index in [0.29, 0.717) is 6.10 Å². The van der Waals surface area contributed by atoms with Gasteiger partial charge in [-0.1, -0.05) is 6.07 Å². The van der Waals surface area contributed by atoms with Crippen molar-refractivity contribution in [1.82, 2.24) is 0 Å². The van der Waals surface area contributed by atoms with Crippen molar-refractivity contribution < 1.29 is 9.47 Å². The van der Waals surface area contributed by atoms with Crippen LogP contribution in [-0.2, 0) is 6.42 Å². The molecule has 0 spiro atoms. The van der Waals surface area contributed by atoms with Crippen LogP contribution in [0.4, 0.5) is 0 Å². The topological polar surface area (TPSA) is 44.5 Å². The van der Waals surface area contributed by atoms with Gasteiger partial charge in [-0.15, -0.1) is 0 Å². The molecule has 3 nitrogen and oxygen atoms in total. The van der Waals surface area contributed by atoms with E-state index < -0.39 is 0 Å². The average Bonchev–Trinajstić information content (AvgIpc) is 2.21. The molecule has 0 amide bonds. The van der Waals surface area contributed by atoms with E-state index in [0.717, 1.165) is 30.8 Å². The van der Waals surface area contributed by atoms with Gasteiger partial charge in [-0.05, 0) is 57.2 Å². The lowest BCUT2D eigenvalue weighted by atomic mass is 9.95. The van der Waals surface area contributed by atoms with Gasteiger partial charge in [-0.2, -0.15) is 0 Å². The molecule has 1 aliphatic carbocycles. The first-order valence-corrected chi connectivity index (χ1v) is 6.60. The molecule has 0 bridgehead atoms. The number of nitrogens with two attached hydrogens (primary N) is 1. The van der Waals surface area contributed by atoms with Gasteiger partial charge in [0, 0.05) is 5.54 Å². The third-order valence-corrected chi connectivity index (χ3v) is 3.23. The highest BCUT2D eigenvalue weighted by Gasteiger charge is 2.21. The summed E-state index contributed by atoms with van der Waals surface area (Å²) in [5.74, 6) is 1.66. The van der Waals surface area contributed by atoms with Gasteiger partial charge in [0.2, 0.25) is 0 Å². The second-order valence-corrected chi connectivity index (χ2v) is 5.82. The molecule has 0 atom stereocenters. The van der Waals surface area contributed by atoms with Crippen LogP contribution in [0.3, 0.4) is 0 Å². The van der Waals surface area contributed by atoms with Gasteiger partial charge in [0.15, 0.2) is 11.5 Å². The number of rotatable bonds is 5. The fourth-order valence-corrected chi connectivity index (χ4v) is 2.12. The molecule has 0 aromatic heterocycles. The molecule has 0 aliphatic heterocycles. The van der Waals surface area contributed by atoms with E-state index in [1.54, 1.807) is 7.11 Å². The predicted octanol–water partition coefficient (Wildman–Crippen LogP) is 2.91. The molecule has 2 N–H and O–H groups in total. The Kier molecular flexibility index (Phi) is 3.81. The molecule has 0 saturated heterocycles. The molecule has 0 heterocycles. The first-order chi connectivity index (χ1) is 8.48. The van der Waals surface area contributed by atoms with Gasteiger partial charge in [0.1, 0.15) is 0 Å². The summed E-state index contributed by atoms with van der Waals surface area (Å²) in [6.45, 7) is 4.06. The summed E-state index contributed by atoms with van der Waals surface area (Å²) in [6, 6.07) is 6.09. The number of methoxy groups -OCH3 is 1. The summed E-state index contributed by atoms with van der Waals surface area (Å²) in [5, 5.41) is 0. The Bertz CT molecular complexity index is 405. The third-order valence-electron chi connectivity index (χ3n) is 3.23. The van der Waals surface area contributed by atoms with E-state index in [4.69, 9.17) is 15.2 Å². The summed E-state index contributed by atoms with van der Waals surface area (Å²) < 4.78 is 11.3. The Labute approximate surface area is 109 Å². The van der Waals surface area contributed by atoms with Gasteiger partial charge in [0.05, 0.1) is 13.2 Å². The first-order valence-electron chi connectivity index (χ1n) is 6.60. The van der Waals surface area contributed by atoms with E-state index in [1.807, 2.05) is 19.9 Å². The van der Waals surface area contributed by atoms with Crippen molar-refractivity contribution in [2.45, 2.75) is 51.2 Å². The lowest BCUT2D eigenvalue weighted by Crippen LogP contribution is -2.34. The molecule has 18 heavy (non-hydrogen) atoms. The Hall–Kier alpha value is -1.22. The third kappa shape index (κ3) is 3.39. The van der Waals surface area contributed by atoms with Crippen molar-refractivity contribution in [3.05, 3.63) is 23.8 Å². The van der Waals surface area contributed by atoms with Crippen LogP contribution in [0.1, 0.15) is 38.7 Å². The maximum atomic E-state index is 6.05. The van der Waals surface area contributed by atoms with E-state index in [2.05, 4.69) is 12.1 Å². The smallest absolute Gasteiger partial charge is 0.161 e. The standard InChI is InChI=1S/C15H23NO2/c1-15(2,16)10-11-7-8-13(17-3)14(9-11)18-12-5-4-6-12/h7-9,12H,4-6,10,16H2,1-3H3. The quantitative estimate of drug-likeness (QED) is 0.872. The summed E-state index contributed by atoms with van der Waals surface area (Å²) in [5.41, 5.74) is 7.04. The maximum absolute atomic E-state index is 6.05. The monoisotopic (exact) mass is 249 g/mol. The van der Waals surface area contributed by atoms with E-state index >= 15 is 0 Å². The second kappa shape index (κ2) is 5.19. The minimum Gasteiger partial charge on any atom is -0.493 e. The largest absolute Gasteiger partial charge is 0.493 e. The Morgan fingerprint density at radius 2 is 2.00 bits per heavy atom.